The van der Waals surface area contributed by atoms with Gasteiger partial charge >= 0.3 is 0 Å². The molecule has 168 valence electrons. The van der Waals surface area contributed by atoms with Gasteiger partial charge in [-0.1, -0.05) is 19.1 Å². The van der Waals surface area contributed by atoms with E-state index < -0.39 is 0 Å². The highest BCUT2D eigenvalue weighted by atomic mass is 19.1. The number of fused-ring (bicyclic) bond motifs is 1. The molecule has 0 saturated heterocycles. The molecular weight excluding hydrogens is 399 g/mol. The number of halogens is 1. The van der Waals surface area contributed by atoms with Gasteiger partial charge in [-0.15, -0.1) is 0 Å². The molecule has 1 aliphatic rings. The van der Waals surface area contributed by atoms with Gasteiger partial charge in [-0.3, -0.25) is 4.79 Å². The molecule has 7 heteroatoms. The minimum atomic E-state index is -0.241. The summed E-state index contributed by atoms with van der Waals surface area (Å²) in [6, 6.07) is 10.6. The first-order valence-electron chi connectivity index (χ1n) is 10.6. The smallest absolute Gasteiger partial charge is 0.246 e. The average Bonchev–Trinajstić information content (AvgIpc) is 2.78. The lowest BCUT2D eigenvalue weighted by Gasteiger charge is -2.39. The molecule has 3 rings (SSSR count). The van der Waals surface area contributed by atoms with Gasteiger partial charge in [0.25, 0.3) is 0 Å². The molecule has 0 aliphatic carbocycles. The van der Waals surface area contributed by atoms with E-state index in [9.17, 15) is 9.18 Å². The SMILES string of the molecule is CC[C@@H](NC(=O)COC)[C@@H]1c2cc(OC)c(OC)cc2CC[NH+]1Cc1ccc(F)cc1. The molecule has 6 nitrogen and oxygen atoms in total. The second kappa shape index (κ2) is 10.6. The molecule has 1 amide bonds. The number of quaternary nitrogens is 1. The number of benzene rings is 2. The van der Waals surface area contributed by atoms with Crippen molar-refractivity contribution < 1.29 is 28.3 Å². The highest BCUT2D eigenvalue weighted by Gasteiger charge is 2.38. The molecule has 0 saturated carbocycles. The van der Waals surface area contributed by atoms with E-state index in [1.807, 2.05) is 24.3 Å². The summed E-state index contributed by atoms with van der Waals surface area (Å²) in [6.45, 7) is 3.72. The minimum Gasteiger partial charge on any atom is -0.493 e. The molecule has 0 spiro atoms. The lowest BCUT2D eigenvalue weighted by Crippen LogP contribution is -3.13. The van der Waals surface area contributed by atoms with Gasteiger partial charge in [0, 0.05) is 24.7 Å². The predicted molar refractivity (Wildman–Crippen MR) is 116 cm³/mol. The van der Waals surface area contributed by atoms with Crippen LogP contribution in [0.1, 0.15) is 36.1 Å². The molecule has 31 heavy (non-hydrogen) atoms. The Morgan fingerprint density at radius 1 is 1.16 bits per heavy atom. The van der Waals surface area contributed by atoms with E-state index in [1.165, 1.54) is 29.7 Å². The molecule has 1 aliphatic heterocycles. The fourth-order valence-electron chi connectivity index (χ4n) is 4.48. The largest absolute Gasteiger partial charge is 0.493 e. The summed E-state index contributed by atoms with van der Waals surface area (Å²) in [6.07, 6.45) is 1.64. The summed E-state index contributed by atoms with van der Waals surface area (Å²) in [5.74, 6) is 1.00. The van der Waals surface area contributed by atoms with Crippen LogP contribution in [0.4, 0.5) is 4.39 Å². The van der Waals surface area contributed by atoms with Gasteiger partial charge in [0.05, 0.1) is 26.8 Å². The Morgan fingerprint density at radius 2 is 1.84 bits per heavy atom. The summed E-state index contributed by atoms with van der Waals surface area (Å²) in [5, 5.41) is 3.15. The summed E-state index contributed by atoms with van der Waals surface area (Å²) in [5.41, 5.74) is 3.40. The van der Waals surface area contributed by atoms with Crippen LogP contribution in [0, 0.1) is 5.82 Å². The van der Waals surface area contributed by atoms with E-state index in [-0.39, 0.29) is 30.4 Å². The zero-order chi connectivity index (χ0) is 22.4. The summed E-state index contributed by atoms with van der Waals surface area (Å²) >= 11 is 0. The van der Waals surface area contributed by atoms with Crippen molar-refractivity contribution in [2.24, 2.45) is 0 Å². The first kappa shape index (κ1) is 23.0. The number of hydrogen-bond acceptors (Lipinski definition) is 4. The monoisotopic (exact) mass is 431 g/mol. The molecule has 2 N–H and O–H groups in total. The molecule has 0 bridgehead atoms. The van der Waals surface area contributed by atoms with Gasteiger partial charge in [0.2, 0.25) is 5.91 Å². The number of nitrogens with one attached hydrogen (secondary N) is 2. The summed E-state index contributed by atoms with van der Waals surface area (Å²) < 4.78 is 29.5. The van der Waals surface area contributed by atoms with Crippen molar-refractivity contribution in [1.29, 1.82) is 0 Å². The highest BCUT2D eigenvalue weighted by Crippen LogP contribution is 2.35. The van der Waals surface area contributed by atoms with Crippen LogP contribution >= 0.6 is 0 Å². The standard InChI is InChI=1S/C24H31FN2O4/c1-5-20(26-23(28)15-29-2)24-19-13-22(31-4)21(30-3)12-17(19)10-11-27(24)14-16-6-8-18(25)9-7-16/h6-9,12-13,20,24H,5,10-11,14-15H2,1-4H3,(H,26,28)/p+1/t20-,24+/m1/s1. The van der Waals surface area contributed by atoms with Crippen LogP contribution in [-0.2, 0) is 22.5 Å². The van der Waals surface area contributed by atoms with Crippen LogP contribution in [-0.4, -0.2) is 46.4 Å². The number of rotatable bonds is 9. The maximum atomic E-state index is 13.4. The van der Waals surface area contributed by atoms with Crippen molar-refractivity contribution in [3.8, 4) is 11.5 Å². The topological polar surface area (TPSA) is 61.2 Å². The van der Waals surface area contributed by atoms with Crippen molar-refractivity contribution in [1.82, 2.24) is 5.32 Å². The summed E-state index contributed by atoms with van der Waals surface area (Å²) in [4.78, 5) is 13.7. The van der Waals surface area contributed by atoms with Crippen molar-refractivity contribution in [3.63, 3.8) is 0 Å². The van der Waals surface area contributed by atoms with Crippen molar-refractivity contribution >= 4 is 5.91 Å². The molecule has 2 aromatic rings. The van der Waals surface area contributed by atoms with Crippen LogP contribution in [0.5, 0.6) is 11.5 Å². The average molecular weight is 432 g/mol. The maximum absolute atomic E-state index is 13.4. The van der Waals surface area contributed by atoms with E-state index in [4.69, 9.17) is 14.2 Å². The lowest BCUT2D eigenvalue weighted by atomic mass is 9.86. The maximum Gasteiger partial charge on any atom is 0.246 e. The predicted octanol–water partition coefficient (Wildman–Crippen LogP) is 2.07. The van der Waals surface area contributed by atoms with E-state index in [0.29, 0.717) is 11.5 Å². The third-order valence-corrected chi connectivity index (χ3v) is 5.94. The molecule has 1 heterocycles. The Bertz CT molecular complexity index is 888. The van der Waals surface area contributed by atoms with Gasteiger partial charge in [0.15, 0.2) is 11.5 Å². The minimum absolute atomic E-state index is 0.0133. The molecule has 1 unspecified atom stereocenters. The van der Waals surface area contributed by atoms with Crippen molar-refractivity contribution in [2.75, 3.05) is 34.5 Å². The van der Waals surface area contributed by atoms with E-state index in [0.717, 1.165) is 37.1 Å². The lowest BCUT2D eigenvalue weighted by molar-refractivity contribution is -0.948. The normalized spacial score (nSPS) is 18.7. The molecule has 0 fully saturated rings. The second-order valence-electron chi connectivity index (χ2n) is 7.86. The Morgan fingerprint density at radius 3 is 2.45 bits per heavy atom. The van der Waals surface area contributed by atoms with Crippen molar-refractivity contribution in [2.45, 2.75) is 38.4 Å². The Labute approximate surface area is 183 Å². The number of carbonyl (C=O) groups excluding carboxylic acids is 1. The van der Waals surface area contributed by atoms with Crippen LogP contribution in [0.2, 0.25) is 0 Å². The number of hydrogen-bond donors (Lipinski definition) is 2. The molecule has 0 radical (unpaired) electrons. The summed E-state index contributed by atoms with van der Waals surface area (Å²) in [7, 11) is 4.78. The fourth-order valence-corrected chi connectivity index (χ4v) is 4.48. The second-order valence-corrected chi connectivity index (χ2v) is 7.86. The number of ether oxygens (including phenoxy) is 3. The number of methoxy groups -OCH3 is 3. The third-order valence-electron chi connectivity index (χ3n) is 5.94. The zero-order valence-corrected chi connectivity index (χ0v) is 18.7. The molecule has 3 atom stereocenters. The van der Waals surface area contributed by atoms with E-state index in [2.05, 4.69) is 12.2 Å². The molecule has 2 aromatic carbocycles. The van der Waals surface area contributed by atoms with Gasteiger partial charge in [-0.2, -0.15) is 0 Å². The Kier molecular flexibility index (Phi) is 7.87. The molecule has 0 aromatic heterocycles. The fraction of sp³-hybridized carbons (Fsp3) is 0.458. The Balaban J connectivity index is 2.00. The van der Waals surface area contributed by atoms with Gasteiger partial charge in [-0.25, -0.2) is 4.39 Å². The van der Waals surface area contributed by atoms with Crippen molar-refractivity contribution in [3.05, 3.63) is 58.9 Å². The molecular formula is C24H32FN2O4+. The van der Waals surface area contributed by atoms with E-state index >= 15 is 0 Å². The van der Waals surface area contributed by atoms with Crippen LogP contribution in [0.25, 0.3) is 0 Å². The Hall–Kier alpha value is -2.64. The van der Waals surface area contributed by atoms with Gasteiger partial charge in [0.1, 0.15) is 25.0 Å². The van der Waals surface area contributed by atoms with Crippen LogP contribution in [0.3, 0.4) is 0 Å². The number of carbonyl (C=O) groups is 1. The van der Waals surface area contributed by atoms with E-state index in [1.54, 1.807) is 14.2 Å². The zero-order valence-electron chi connectivity index (χ0n) is 18.7. The van der Waals surface area contributed by atoms with Gasteiger partial charge < -0.3 is 24.4 Å². The first-order valence-corrected chi connectivity index (χ1v) is 10.6. The third kappa shape index (κ3) is 5.35. The highest BCUT2D eigenvalue weighted by molar-refractivity contribution is 5.77. The van der Waals surface area contributed by atoms with Crippen LogP contribution < -0.4 is 19.7 Å². The van der Waals surface area contributed by atoms with Crippen LogP contribution in [0.15, 0.2) is 36.4 Å². The van der Waals surface area contributed by atoms with Gasteiger partial charge in [-0.05, 0) is 36.2 Å². The number of amides is 1. The first-order chi connectivity index (χ1) is 15.0. The quantitative estimate of drug-likeness (QED) is 0.638.